The lowest BCUT2D eigenvalue weighted by atomic mass is 9.73. The summed E-state index contributed by atoms with van der Waals surface area (Å²) < 4.78 is 5.52. The summed E-state index contributed by atoms with van der Waals surface area (Å²) in [5.41, 5.74) is 1.08. The lowest BCUT2D eigenvalue weighted by Crippen LogP contribution is -2.48. The maximum Gasteiger partial charge on any atom is 0.231 e. The van der Waals surface area contributed by atoms with E-state index in [1.807, 2.05) is 24.4 Å². The summed E-state index contributed by atoms with van der Waals surface area (Å²) in [6, 6.07) is 9.42. The van der Waals surface area contributed by atoms with E-state index >= 15 is 0 Å². The Kier molecular flexibility index (Phi) is 6.28. The van der Waals surface area contributed by atoms with E-state index < -0.39 is 5.41 Å². The van der Waals surface area contributed by atoms with Gasteiger partial charge in [0.25, 0.3) is 0 Å². The van der Waals surface area contributed by atoms with Crippen LogP contribution in [-0.2, 0) is 21.5 Å². The average molecular weight is 434 g/mol. The number of anilines is 1. The van der Waals surface area contributed by atoms with Crippen molar-refractivity contribution in [1.29, 1.82) is 0 Å². The molecule has 7 heteroatoms. The lowest BCUT2D eigenvalue weighted by molar-refractivity contribution is -0.130. The third kappa shape index (κ3) is 4.37. The van der Waals surface area contributed by atoms with Gasteiger partial charge in [0.05, 0.1) is 5.41 Å². The fourth-order valence-corrected chi connectivity index (χ4v) is 4.81. The van der Waals surface area contributed by atoms with Gasteiger partial charge in [0.1, 0.15) is 5.82 Å². The van der Waals surface area contributed by atoms with E-state index in [9.17, 15) is 4.79 Å². The Morgan fingerprint density at radius 1 is 1.14 bits per heavy atom. The molecule has 4 rings (SSSR count). The van der Waals surface area contributed by atoms with Crippen LogP contribution in [0, 0.1) is 0 Å². The molecule has 2 aromatic rings. The van der Waals surface area contributed by atoms with Crippen LogP contribution in [0.3, 0.4) is 0 Å². The molecule has 1 aromatic heterocycles. The van der Waals surface area contributed by atoms with Crippen LogP contribution in [0.25, 0.3) is 0 Å². The third-order valence-corrected chi connectivity index (χ3v) is 6.47. The zero-order valence-electron chi connectivity index (χ0n) is 16.3. The predicted molar refractivity (Wildman–Crippen MR) is 116 cm³/mol. The van der Waals surface area contributed by atoms with Crippen LogP contribution >= 0.6 is 23.2 Å². The number of ether oxygens (including phenoxy) is 1. The first kappa shape index (κ1) is 20.5. The molecular weight excluding hydrogens is 409 g/mol. The molecular formula is C22H25Cl2N3O2. The van der Waals surface area contributed by atoms with Crippen molar-refractivity contribution in [3.05, 3.63) is 57.7 Å². The van der Waals surface area contributed by atoms with E-state index in [-0.39, 0.29) is 5.91 Å². The number of hydrogen-bond donors (Lipinski definition) is 1. The monoisotopic (exact) mass is 433 g/mol. The molecule has 29 heavy (non-hydrogen) atoms. The van der Waals surface area contributed by atoms with E-state index in [4.69, 9.17) is 27.9 Å². The number of benzene rings is 1. The smallest absolute Gasteiger partial charge is 0.231 e. The lowest BCUT2D eigenvalue weighted by Gasteiger charge is -2.36. The second-order valence-corrected chi connectivity index (χ2v) is 8.56. The topological polar surface area (TPSA) is 54.5 Å². The van der Waals surface area contributed by atoms with Crippen LogP contribution in [0.2, 0.25) is 10.0 Å². The van der Waals surface area contributed by atoms with Crippen molar-refractivity contribution in [3.8, 4) is 0 Å². The number of nitrogens with zero attached hydrogens (tertiary/aromatic N) is 2. The Hall–Kier alpha value is -1.82. The molecule has 1 aromatic carbocycles. The van der Waals surface area contributed by atoms with Gasteiger partial charge in [-0.2, -0.15) is 0 Å². The molecule has 2 fully saturated rings. The second-order valence-electron chi connectivity index (χ2n) is 7.72. The van der Waals surface area contributed by atoms with Crippen LogP contribution in [0.5, 0.6) is 0 Å². The molecule has 0 saturated carbocycles. The van der Waals surface area contributed by atoms with Crippen molar-refractivity contribution in [1.82, 2.24) is 10.3 Å². The van der Waals surface area contributed by atoms with Gasteiger partial charge in [-0.25, -0.2) is 4.98 Å². The van der Waals surface area contributed by atoms with E-state index in [0.717, 1.165) is 30.0 Å². The van der Waals surface area contributed by atoms with E-state index in [1.54, 1.807) is 12.1 Å². The summed E-state index contributed by atoms with van der Waals surface area (Å²) in [6.45, 7) is 3.61. The van der Waals surface area contributed by atoms with E-state index in [1.165, 1.54) is 12.8 Å². The molecule has 0 aliphatic carbocycles. The van der Waals surface area contributed by atoms with Gasteiger partial charge in [-0.05, 0) is 55.0 Å². The highest BCUT2D eigenvalue weighted by Gasteiger charge is 2.42. The van der Waals surface area contributed by atoms with Gasteiger partial charge >= 0.3 is 0 Å². The minimum absolute atomic E-state index is 0.0337. The zero-order chi connectivity index (χ0) is 20.3. The molecule has 1 amide bonds. The first-order valence-electron chi connectivity index (χ1n) is 10.1. The summed E-state index contributed by atoms with van der Waals surface area (Å²) >= 11 is 12.5. The number of carbonyl (C=O) groups excluding carboxylic acids is 1. The third-order valence-electron chi connectivity index (χ3n) is 5.92. The highest BCUT2D eigenvalue weighted by Crippen LogP contribution is 2.40. The van der Waals surface area contributed by atoms with Crippen molar-refractivity contribution in [3.63, 3.8) is 0 Å². The molecule has 0 atom stereocenters. The zero-order valence-corrected chi connectivity index (χ0v) is 17.8. The Bertz CT molecular complexity index is 861. The fraction of sp³-hybridized carbons (Fsp3) is 0.455. The summed E-state index contributed by atoms with van der Waals surface area (Å²) in [5.74, 6) is 0.972. The molecule has 3 heterocycles. The predicted octanol–water partition coefficient (Wildman–Crippen LogP) is 4.35. The first-order valence-corrected chi connectivity index (χ1v) is 10.9. The molecule has 1 N–H and O–H groups in total. The number of amides is 1. The number of pyridine rings is 1. The van der Waals surface area contributed by atoms with E-state index in [0.29, 0.717) is 42.6 Å². The van der Waals surface area contributed by atoms with Gasteiger partial charge in [0.2, 0.25) is 5.91 Å². The van der Waals surface area contributed by atoms with Crippen LogP contribution in [0.1, 0.15) is 36.8 Å². The van der Waals surface area contributed by atoms with Gasteiger partial charge in [-0.1, -0.05) is 35.3 Å². The molecule has 0 spiro atoms. The molecule has 2 saturated heterocycles. The van der Waals surface area contributed by atoms with Crippen LogP contribution < -0.4 is 10.2 Å². The summed E-state index contributed by atoms with van der Waals surface area (Å²) in [5, 5.41) is 4.18. The maximum atomic E-state index is 13.3. The first-order chi connectivity index (χ1) is 14.1. The number of nitrogens with one attached hydrogen (secondary N) is 1. The Morgan fingerprint density at radius 3 is 2.55 bits per heavy atom. The molecule has 2 aliphatic rings. The molecule has 154 valence electrons. The van der Waals surface area contributed by atoms with Gasteiger partial charge in [-0.15, -0.1) is 0 Å². The van der Waals surface area contributed by atoms with Crippen LogP contribution in [0.4, 0.5) is 5.82 Å². The number of halogens is 2. The number of hydrogen-bond acceptors (Lipinski definition) is 4. The standard InChI is InChI=1S/C22H25Cl2N3O2/c23-17-4-5-18(19(24)13-17)22(7-11-29-12-8-22)21(28)26-15-16-3-6-20(25-14-16)27-9-1-2-10-27/h3-6,13-14H,1-2,7-12,15H2,(H,26,28). The van der Waals surface area contributed by atoms with Gasteiger partial charge in [-0.3, -0.25) is 4.79 Å². The number of aromatic nitrogens is 1. The molecule has 0 radical (unpaired) electrons. The average Bonchev–Trinajstić information content (AvgIpc) is 3.28. The van der Waals surface area contributed by atoms with Crippen molar-refractivity contribution < 1.29 is 9.53 Å². The highest BCUT2D eigenvalue weighted by molar-refractivity contribution is 6.35. The largest absolute Gasteiger partial charge is 0.381 e. The number of rotatable bonds is 5. The summed E-state index contributed by atoms with van der Waals surface area (Å²) in [7, 11) is 0. The van der Waals surface area contributed by atoms with Crippen LogP contribution in [0.15, 0.2) is 36.5 Å². The quantitative estimate of drug-likeness (QED) is 0.760. The van der Waals surface area contributed by atoms with Crippen LogP contribution in [-0.4, -0.2) is 37.2 Å². The van der Waals surface area contributed by atoms with Gasteiger partial charge in [0, 0.05) is 49.1 Å². The van der Waals surface area contributed by atoms with Crippen molar-refractivity contribution >= 4 is 34.9 Å². The second kappa shape index (κ2) is 8.90. The molecule has 0 unspecified atom stereocenters. The Morgan fingerprint density at radius 2 is 1.90 bits per heavy atom. The minimum atomic E-state index is -0.706. The van der Waals surface area contributed by atoms with Crippen molar-refractivity contribution in [2.24, 2.45) is 0 Å². The fourth-order valence-electron chi connectivity index (χ4n) is 4.22. The molecule has 2 aliphatic heterocycles. The highest BCUT2D eigenvalue weighted by atomic mass is 35.5. The summed E-state index contributed by atoms with van der Waals surface area (Å²) in [6.07, 6.45) is 5.47. The molecule has 0 bridgehead atoms. The maximum absolute atomic E-state index is 13.3. The number of carbonyl (C=O) groups is 1. The SMILES string of the molecule is O=C(NCc1ccc(N2CCCC2)nc1)C1(c2ccc(Cl)cc2Cl)CCOCC1. The van der Waals surface area contributed by atoms with Gasteiger partial charge in [0.15, 0.2) is 0 Å². The van der Waals surface area contributed by atoms with Crippen molar-refractivity contribution in [2.45, 2.75) is 37.6 Å². The van der Waals surface area contributed by atoms with Crippen molar-refractivity contribution in [2.75, 3.05) is 31.2 Å². The van der Waals surface area contributed by atoms with Gasteiger partial charge < -0.3 is 15.0 Å². The summed E-state index contributed by atoms with van der Waals surface area (Å²) in [4.78, 5) is 20.2. The molecule has 5 nitrogen and oxygen atoms in total. The normalized spacial score (nSPS) is 18.6. The Labute approximate surface area is 181 Å². The minimum Gasteiger partial charge on any atom is -0.381 e. The van der Waals surface area contributed by atoms with E-state index in [2.05, 4.69) is 15.2 Å². The Balaban J connectivity index is 1.48.